The Balaban J connectivity index is 1.69. The summed E-state index contributed by atoms with van der Waals surface area (Å²) in [7, 11) is 4.03. The second-order valence-corrected chi connectivity index (χ2v) is 6.61. The highest BCUT2D eigenvalue weighted by Gasteiger charge is 2.07. The molecule has 0 aliphatic carbocycles. The number of hydrogen-bond acceptors (Lipinski definition) is 6. The van der Waals surface area contributed by atoms with Gasteiger partial charge in [0.1, 0.15) is 18.1 Å². The number of hydroxylamine groups is 1. The molecule has 156 valence electrons. The second-order valence-electron chi connectivity index (χ2n) is 6.61. The number of amides is 2. The minimum Gasteiger partial charge on any atom is -0.492 e. The maximum absolute atomic E-state index is 12.0. The van der Waals surface area contributed by atoms with Crippen molar-refractivity contribution in [3.63, 3.8) is 0 Å². The van der Waals surface area contributed by atoms with Crippen molar-refractivity contribution in [1.82, 2.24) is 15.7 Å². The lowest BCUT2D eigenvalue weighted by atomic mass is 10.1. The highest BCUT2D eigenvalue weighted by Crippen LogP contribution is 2.18. The molecule has 0 heterocycles. The van der Waals surface area contributed by atoms with Crippen LogP contribution in [0.1, 0.15) is 15.9 Å². The molecule has 2 aromatic rings. The summed E-state index contributed by atoms with van der Waals surface area (Å²) in [6, 6.07) is 14.0. The number of carbonyl (C=O) groups excluding carboxylic acids is 2. The second kappa shape index (κ2) is 11.7. The highest BCUT2D eigenvalue weighted by molar-refractivity contribution is 5.93. The van der Waals surface area contributed by atoms with Gasteiger partial charge < -0.3 is 19.7 Å². The van der Waals surface area contributed by atoms with Gasteiger partial charge in [0.25, 0.3) is 11.8 Å². The summed E-state index contributed by atoms with van der Waals surface area (Å²) in [5.74, 6) is 0.450. The third-order valence-corrected chi connectivity index (χ3v) is 4.07. The molecule has 0 saturated heterocycles. The fourth-order valence-electron chi connectivity index (χ4n) is 2.52. The number of hydrogen-bond donors (Lipinski definition) is 3. The fourth-order valence-corrected chi connectivity index (χ4v) is 2.52. The van der Waals surface area contributed by atoms with Crippen LogP contribution in [0.25, 0.3) is 0 Å². The molecule has 2 rings (SSSR count). The van der Waals surface area contributed by atoms with Crippen molar-refractivity contribution in [2.24, 2.45) is 0 Å². The minimum absolute atomic E-state index is 0.0655. The standard InChI is InChI=1S/C21H27N3O5/c1-24(2)13-11-16-5-3-4-6-19(16)29-15-20(25)22-12-14-28-18-9-7-17(8-10-18)21(26)23-27/h3-10,27H,11-15H2,1-2H3,(H,22,25)(H,23,26). The fraction of sp³-hybridized carbons (Fsp3) is 0.333. The van der Waals surface area contributed by atoms with Crippen LogP contribution in [0, 0.1) is 0 Å². The molecule has 0 unspecified atom stereocenters. The molecular weight excluding hydrogens is 374 g/mol. The zero-order chi connectivity index (χ0) is 21.1. The summed E-state index contributed by atoms with van der Waals surface area (Å²) < 4.78 is 11.2. The van der Waals surface area contributed by atoms with E-state index in [-0.39, 0.29) is 19.1 Å². The summed E-state index contributed by atoms with van der Waals surface area (Å²) in [4.78, 5) is 25.3. The average molecular weight is 401 g/mol. The van der Waals surface area contributed by atoms with Gasteiger partial charge >= 0.3 is 0 Å². The lowest BCUT2D eigenvalue weighted by Crippen LogP contribution is -2.32. The van der Waals surface area contributed by atoms with Crippen molar-refractivity contribution in [2.75, 3.05) is 40.4 Å². The van der Waals surface area contributed by atoms with E-state index in [1.165, 1.54) is 12.1 Å². The first-order valence-electron chi connectivity index (χ1n) is 9.29. The predicted molar refractivity (Wildman–Crippen MR) is 108 cm³/mol. The molecule has 0 saturated carbocycles. The van der Waals surface area contributed by atoms with Crippen molar-refractivity contribution in [3.8, 4) is 11.5 Å². The van der Waals surface area contributed by atoms with Gasteiger partial charge in [0.15, 0.2) is 6.61 Å². The Kier molecular flexibility index (Phi) is 8.94. The van der Waals surface area contributed by atoms with Crippen molar-refractivity contribution in [2.45, 2.75) is 6.42 Å². The predicted octanol–water partition coefficient (Wildman–Crippen LogP) is 1.48. The number of likely N-dealkylation sites (N-methyl/N-ethyl adjacent to an activating group) is 1. The van der Waals surface area contributed by atoms with E-state index in [2.05, 4.69) is 10.2 Å². The molecule has 2 aromatic carbocycles. The first kappa shape index (κ1) is 22.2. The molecule has 0 aromatic heterocycles. The Morgan fingerprint density at radius 1 is 1.03 bits per heavy atom. The van der Waals surface area contributed by atoms with Gasteiger partial charge in [-0.05, 0) is 56.4 Å². The highest BCUT2D eigenvalue weighted by atomic mass is 16.5. The summed E-state index contributed by atoms with van der Waals surface area (Å²) in [6.45, 7) is 1.43. The number of nitrogens with one attached hydrogen (secondary N) is 2. The Bertz CT molecular complexity index is 793. The molecule has 0 fully saturated rings. The van der Waals surface area contributed by atoms with Crippen molar-refractivity contribution >= 4 is 11.8 Å². The third-order valence-electron chi connectivity index (χ3n) is 4.07. The topological polar surface area (TPSA) is 100 Å². The van der Waals surface area contributed by atoms with Gasteiger partial charge in [-0.3, -0.25) is 14.8 Å². The lowest BCUT2D eigenvalue weighted by Gasteiger charge is -2.14. The molecule has 0 radical (unpaired) electrons. The third kappa shape index (κ3) is 7.81. The van der Waals surface area contributed by atoms with Gasteiger partial charge in [0.05, 0.1) is 6.54 Å². The first-order valence-corrected chi connectivity index (χ1v) is 9.29. The van der Waals surface area contributed by atoms with Crippen molar-refractivity contribution in [3.05, 3.63) is 59.7 Å². The zero-order valence-corrected chi connectivity index (χ0v) is 16.7. The summed E-state index contributed by atoms with van der Waals surface area (Å²) in [6.07, 6.45) is 0.845. The maximum atomic E-state index is 12.0. The van der Waals surface area contributed by atoms with E-state index in [4.69, 9.17) is 14.7 Å². The van der Waals surface area contributed by atoms with Crippen LogP contribution in [0.2, 0.25) is 0 Å². The largest absolute Gasteiger partial charge is 0.492 e. The van der Waals surface area contributed by atoms with Gasteiger partial charge in [0.2, 0.25) is 0 Å². The van der Waals surface area contributed by atoms with Crippen LogP contribution in [0.4, 0.5) is 0 Å². The number of benzene rings is 2. The Hall–Kier alpha value is -3.10. The average Bonchev–Trinajstić information content (AvgIpc) is 2.74. The van der Waals surface area contributed by atoms with E-state index in [0.29, 0.717) is 23.6 Å². The van der Waals surface area contributed by atoms with Gasteiger partial charge in [-0.2, -0.15) is 0 Å². The van der Waals surface area contributed by atoms with E-state index >= 15 is 0 Å². The van der Waals surface area contributed by atoms with Crippen LogP contribution < -0.4 is 20.3 Å². The maximum Gasteiger partial charge on any atom is 0.274 e. The molecule has 3 N–H and O–H groups in total. The van der Waals surface area contributed by atoms with Gasteiger partial charge in [-0.25, -0.2) is 5.48 Å². The summed E-state index contributed by atoms with van der Waals surface area (Å²) in [5.41, 5.74) is 2.94. The molecule has 29 heavy (non-hydrogen) atoms. The van der Waals surface area contributed by atoms with Crippen molar-refractivity contribution in [1.29, 1.82) is 0 Å². The van der Waals surface area contributed by atoms with Gasteiger partial charge in [-0.1, -0.05) is 18.2 Å². The Morgan fingerprint density at radius 3 is 2.45 bits per heavy atom. The van der Waals surface area contributed by atoms with E-state index in [0.717, 1.165) is 18.5 Å². The van der Waals surface area contributed by atoms with Crippen LogP contribution in [-0.2, 0) is 11.2 Å². The molecule has 0 atom stereocenters. The quantitative estimate of drug-likeness (QED) is 0.300. The molecule has 0 bridgehead atoms. The number of carbonyl (C=O) groups is 2. The molecule has 0 aliphatic heterocycles. The van der Waals surface area contributed by atoms with Gasteiger partial charge in [-0.15, -0.1) is 0 Å². The SMILES string of the molecule is CN(C)CCc1ccccc1OCC(=O)NCCOc1ccc(C(=O)NO)cc1. The zero-order valence-electron chi connectivity index (χ0n) is 16.7. The van der Waals surface area contributed by atoms with E-state index in [1.54, 1.807) is 17.6 Å². The summed E-state index contributed by atoms with van der Waals surface area (Å²) in [5, 5.41) is 11.3. The van der Waals surface area contributed by atoms with E-state index < -0.39 is 5.91 Å². The molecule has 2 amide bonds. The van der Waals surface area contributed by atoms with Crippen LogP contribution in [0.5, 0.6) is 11.5 Å². The number of rotatable bonds is 11. The molecule has 0 spiro atoms. The molecule has 0 aliphatic rings. The number of para-hydroxylation sites is 1. The van der Waals surface area contributed by atoms with Crippen molar-refractivity contribution < 1.29 is 24.3 Å². The van der Waals surface area contributed by atoms with Crippen LogP contribution in [0.3, 0.4) is 0 Å². The van der Waals surface area contributed by atoms with Crippen LogP contribution in [0.15, 0.2) is 48.5 Å². The Labute approximate surface area is 170 Å². The minimum atomic E-state index is -0.591. The van der Waals surface area contributed by atoms with Gasteiger partial charge in [0, 0.05) is 12.1 Å². The van der Waals surface area contributed by atoms with E-state index in [1.807, 2.05) is 38.4 Å². The first-order chi connectivity index (χ1) is 14.0. The van der Waals surface area contributed by atoms with Crippen LogP contribution >= 0.6 is 0 Å². The van der Waals surface area contributed by atoms with E-state index in [9.17, 15) is 9.59 Å². The number of ether oxygens (including phenoxy) is 2. The monoisotopic (exact) mass is 401 g/mol. The number of nitrogens with zero attached hydrogens (tertiary/aromatic N) is 1. The molecular formula is C21H27N3O5. The molecule has 8 nitrogen and oxygen atoms in total. The van der Waals surface area contributed by atoms with Crippen LogP contribution in [-0.4, -0.2) is 62.3 Å². The summed E-state index contributed by atoms with van der Waals surface area (Å²) >= 11 is 0. The normalized spacial score (nSPS) is 10.5. The Morgan fingerprint density at radius 2 is 1.76 bits per heavy atom. The smallest absolute Gasteiger partial charge is 0.274 e. The molecule has 8 heteroatoms. The lowest BCUT2D eigenvalue weighted by molar-refractivity contribution is -0.123.